The van der Waals surface area contributed by atoms with E-state index in [2.05, 4.69) is 0 Å². The molecule has 0 unspecified atom stereocenters. The number of rotatable bonds is 1. The van der Waals surface area contributed by atoms with Gasteiger partial charge in [0.2, 0.25) is 0 Å². The van der Waals surface area contributed by atoms with Crippen LogP contribution in [-0.2, 0) is 14.4 Å². The molecule has 4 atom stereocenters. The standard InChI is InChI=1S/C7H10FNO2.CO2/c8-5-2-7(9,6(10)11)4-1-3(4)5;2-1-3/h3-5H,1-2,9H2,(H,10,11);/t3-,4+,5+,7-;/m0./s1. The molecule has 5 nitrogen and oxygen atoms in total. The van der Waals surface area contributed by atoms with Gasteiger partial charge in [-0.3, -0.25) is 4.79 Å². The number of halogens is 1. The number of aliphatic carboxylic acids is 1. The Morgan fingerprint density at radius 2 is 2.07 bits per heavy atom. The van der Waals surface area contributed by atoms with Crippen molar-refractivity contribution >= 4 is 12.1 Å². The van der Waals surface area contributed by atoms with Crippen molar-refractivity contribution in [3.63, 3.8) is 0 Å². The van der Waals surface area contributed by atoms with Gasteiger partial charge in [0.15, 0.2) is 0 Å². The molecule has 2 aliphatic rings. The summed E-state index contributed by atoms with van der Waals surface area (Å²) in [5.74, 6) is -1.21. The molecule has 2 rings (SSSR count). The number of alkyl halides is 1. The number of fused-ring (bicyclic) bond motifs is 1. The van der Waals surface area contributed by atoms with Crippen LogP contribution in [0.15, 0.2) is 0 Å². The summed E-state index contributed by atoms with van der Waals surface area (Å²) < 4.78 is 12.9. The molecular formula is C8H10FNO4. The molecule has 0 aromatic heterocycles. The first kappa shape index (κ1) is 10.8. The van der Waals surface area contributed by atoms with Gasteiger partial charge >= 0.3 is 12.1 Å². The maximum Gasteiger partial charge on any atom is 0.373 e. The van der Waals surface area contributed by atoms with Gasteiger partial charge in [-0.2, -0.15) is 9.59 Å². The van der Waals surface area contributed by atoms with Crippen molar-refractivity contribution in [2.75, 3.05) is 0 Å². The summed E-state index contributed by atoms with van der Waals surface area (Å²) in [6, 6.07) is 0. The van der Waals surface area contributed by atoms with Gasteiger partial charge in [-0.15, -0.1) is 0 Å². The average Bonchev–Trinajstić information content (AvgIpc) is 2.79. The Bertz CT molecular complexity index is 289. The first-order valence-corrected chi connectivity index (χ1v) is 4.13. The largest absolute Gasteiger partial charge is 0.480 e. The van der Waals surface area contributed by atoms with Crippen LogP contribution in [0.5, 0.6) is 0 Å². The molecule has 0 aliphatic heterocycles. The molecule has 0 bridgehead atoms. The quantitative estimate of drug-likeness (QED) is 0.602. The highest BCUT2D eigenvalue weighted by atomic mass is 19.1. The van der Waals surface area contributed by atoms with Crippen LogP contribution in [-0.4, -0.2) is 28.9 Å². The van der Waals surface area contributed by atoms with Crippen molar-refractivity contribution in [3.8, 4) is 0 Å². The Morgan fingerprint density at radius 1 is 1.57 bits per heavy atom. The fourth-order valence-electron chi connectivity index (χ4n) is 2.08. The monoisotopic (exact) mass is 203 g/mol. The van der Waals surface area contributed by atoms with Crippen LogP contribution in [0.2, 0.25) is 0 Å². The number of carboxylic acids is 1. The minimum atomic E-state index is -1.26. The van der Waals surface area contributed by atoms with E-state index in [-0.39, 0.29) is 24.4 Å². The summed E-state index contributed by atoms with van der Waals surface area (Å²) in [5.41, 5.74) is 4.28. The minimum absolute atomic E-state index is 0.00231. The molecule has 2 aliphatic carbocycles. The van der Waals surface area contributed by atoms with E-state index in [4.69, 9.17) is 20.4 Å². The van der Waals surface area contributed by atoms with Crippen LogP contribution in [0, 0.1) is 11.8 Å². The van der Waals surface area contributed by atoms with E-state index in [0.29, 0.717) is 6.42 Å². The van der Waals surface area contributed by atoms with E-state index >= 15 is 0 Å². The molecule has 6 heteroatoms. The lowest BCUT2D eigenvalue weighted by molar-refractivity contribution is -0.191. The third-order valence-electron chi connectivity index (χ3n) is 2.90. The van der Waals surface area contributed by atoms with E-state index in [1.807, 2.05) is 0 Å². The van der Waals surface area contributed by atoms with Gasteiger partial charge in [-0.1, -0.05) is 0 Å². The molecule has 0 saturated heterocycles. The number of carbonyl (C=O) groups excluding carboxylic acids is 2. The molecule has 14 heavy (non-hydrogen) atoms. The van der Waals surface area contributed by atoms with Crippen LogP contribution < -0.4 is 5.73 Å². The first-order valence-electron chi connectivity index (χ1n) is 4.13. The molecule has 0 spiro atoms. The van der Waals surface area contributed by atoms with Crippen LogP contribution >= 0.6 is 0 Å². The Morgan fingerprint density at radius 3 is 2.21 bits per heavy atom. The number of nitrogens with two attached hydrogens (primary N) is 1. The lowest BCUT2D eigenvalue weighted by Gasteiger charge is -2.19. The number of hydrogen-bond acceptors (Lipinski definition) is 4. The third kappa shape index (κ3) is 1.54. The van der Waals surface area contributed by atoms with Crippen molar-refractivity contribution in [3.05, 3.63) is 0 Å². The second kappa shape index (κ2) is 3.48. The zero-order valence-electron chi connectivity index (χ0n) is 7.27. The van der Waals surface area contributed by atoms with Gasteiger partial charge in [-0.25, -0.2) is 4.39 Å². The van der Waals surface area contributed by atoms with Gasteiger partial charge in [0.05, 0.1) is 0 Å². The molecule has 78 valence electrons. The van der Waals surface area contributed by atoms with Crippen molar-refractivity contribution in [2.24, 2.45) is 17.6 Å². The fraction of sp³-hybridized carbons (Fsp3) is 0.750. The van der Waals surface area contributed by atoms with Gasteiger partial charge in [0.1, 0.15) is 11.7 Å². The van der Waals surface area contributed by atoms with Crippen molar-refractivity contribution in [2.45, 2.75) is 24.6 Å². The summed E-state index contributed by atoms with van der Waals surface area (Å²) in [4.78, 5) is 26.9. The maximum atomic E-state index is 12.9. The van der Waals surface area contributed by atoms with Crippen LogP contribution in [0.3, 0.4) is 0 Å². The number of hydrogen-bond donors (Lipinski definition) is 2. The maximum absolute atomic E-state index is 12.9. The van der Waals surface area contributed by atoms with E-state index in [1.54, 1.807) is 0 Å². The summed E-state index contributed by atoms with van der Waals surface area (Å²) in [7, 11) is 0. The van der Waals surface area contributed by atoms with Crippen molar-refractivity contribution in [1.82, 2.24) is 0 Å². The average molecular weight is 203 g/mol. The number of carbonyl (C=O) groups is 1. The molecule has 3 N–H and O–H groups in total. The number of carboxylic acid groups (broad SMARTS) is 1. The van der Waals surface area contributed by atoms with Crippen molar-refractivity contribution in [1.29, 1.82) is 0 Å². The van der Waals surface area contributed by atoms with Gasteiger partial charge in [-0.05, 0) is 18.3 Å². The Labute approximate surface area is 79.1 Å². The third-order valence-corrected chi connectivity index (χ3v) is 2.90. The Balaban J connectivity index is 0.000000293. The van der Waals surface area contributed by atoms with Crippen LogP contribution in [0.25, 0.3) is 0 Å². The Hall–Kier alpha value is -1.26. The summed E-state index contributed by atoms with van der Waals surface area (Å²) in [5, 5.41) is 8.70. The highest BCUT2D eigenvalue weighted by Crippen LogP contribution is 2.57. The van der Waals surface area contributed by atoms with Gasteiger partial charge in [0.25, 0.3) is 0 Å². The zero-order valence-corrected chi connectivity index (χ0v) is 7.27. The van der Waals surface area contributed by atoms with Gasteiger partial charge < -0.3 is 10.8 Å². The predicted octanol–water partition coefficient (Wildman–Crippen LogP) is -0.437. The predicted molar refractivity (Wildman–Crippen MR) is 40.7 cm³/mol. The lowest BCUT2D eigenvalue weighted by atomic mass is 9.94. The smallest absolute Gasteiger partial charge is 0.373 e. The Kier molecular flexibility index (Phi) is 2.69. The zero-order chi connectivity index (χ0) is 10.9. The summed E-state index contributed by atoms with van der Waals surface area (Å²) >= 11 is 0. The van der Waals surface area contributed by atoms with E-state index in [9.17, 15) is 9.18 Å². The molecule has 2 saturated carbocycles. The highest BCUT2D eigenvalue weighted by molar-refractivity contribution is 5.80. The molecular weight excluding hydrogens is 193 g/mol. The first-order chi connectivity index (χ1) is 6.47. The topological polar surface area (TPSA) is 97.5 Å². The molecule has 0 amide bonds. The highest BCUT2D eigenvalue weighted by Gasteiger charge is 2.65. The fourth-order valence-corrected chi connectivity index (χ4v) is 2.08. The van der Waals surface area contributed by atoms with E-state index in [1.165, 1.54) is 0 Å². The minimum Gasteiger partial charge on any atom is -0.480 e. The molecule has 0 radical (unpaired) electrons. The lowest BCUT2D eigenvalue weighted by Crippen LogP contribution is -2.49. The normalized spacial score (nSPS) is 42.9. The molecule has 0 heterocycles. The summed E-state index contributed by atoms with van der Waals surface area (Å²) in [6.45, 7) is 0. The van der Waals surface area contributed by atoms with Crippen LogP contribution in [0.1, 0.15) is 12.8 Å². The van der Waals surface area contributed by atoms with Gasteiger partial charge in [0, 0.05) is 6.42 Å². The van der Waals surface area contributed by atoms with Crippen LogP contribution in [0.4, 0.5) is 4.39 Å². The second-order valence-corrected chi connectivity index (χ2v) is 3.66. The second-order valence-electron chi connectivity index (χ2n) is 3.66. The van der Waals surface area contributed by atoms with Crippen molar-refractivity contribution < 1.29 is 23.9 Å². The molecule has 0 aromatic rings. The van der Waals surface area contributed by atoms with E-state index in [0.717, 1.165) is 0 Å². The SMILES string of the molecule is N[C@@]1(C(=O)O)C[C@@H](F)[C@H]2C[C@H]21.O=C=O. The molecule has 2 fully saturated rings. The molecule has 0 aromatic carbocycles. The van der Waals surface area contributed by atoms with E-state index < -0.39 is 17.7 Å². The summed E-state index contributed by atoms with van der Waals surface area (Å²) in [6.07, 6.45) is -0.0807.